The molecule has 3 aliphatic heterocycles. The van der Waals surface area contributed by atoms with E-state index >= 15 is 0 Å². The number of carbonyl (C=O) groups is 1. The summed E-state index contributed by atoms with van der Waals surface area (Å²) in [6, 6.07) is 14.8. The van der Waals surface area contributed by atoms with E-state index in [9.17, 15) is 4.79 Å². The van der Waals surface area contributed by atoms with Crippen molar-refractivity contribution in [1.29, 1.82) is 0 Å². The van der Waals surface area contributed by atoms with Gasteiger partial charge in [-0.25, -0.2) is 4.79 Å². The Hall–Kier alpha value is -2.57. The first-order valence-corrected chi connectivity index (χ1v) is 13.5. The van der Waals surface area contributed by atoms with E-state index in [0.717, 1.165) is 32.4 Å². The zero-order valence-corrected chi connectivity index (χ0v) is 21.2. The maximum Gasteiger partial charge on any atom is 0.412 e. The van der Waals surface area contributed by atoms with Gasteiger partial charge in [-0.1, -0.05) is 43.5 Å². The molecule has 6 nitrogen and oxygen atoms in total. The lowest BCUT2D eigenvalue weighted by Gasteiger charge is -2.47. The van der Waals surface area contributed by atoms with Crippen LogP contribution in [0.1, 0.15) is 67.8 Å². The summed E-state index contributed by atoms with van der Waals surface area (Å²) in [7, 11) is 2.16. The number of unbranched alkanes of at least 4 members (excludes halogenated alkanes) is 3. The molecule has 2 aromatic carbocycles. The van der Waals surface area contributed by atoms with Crippen LogP contribution in [0.15, 0.2) is 42.5 Å². The summed E-state index contributed by atoms with van der Waals surface area (Å²) in [5.41, 5.74) is 5.27. The van der Waals surface area contributed by atoms with Crippen LogP contribution in [0.4, 0.5) is 10.5 Å². The highest BCUT2D eigenvalue weighted by molar-refractivity contribution is 5.71. The zero-order chi connectivity index (χ0) is 24.0. The van der Waals surface area contributed by atoms with Crippen LogP contribution in [-0.2, 0) is 13.0 Å². The first-order chi connectivity index (χ1) is 17.2. The minimum Gasteiger partial charge on any atom is -0.410 e. The van der Waals surface area contributed by atoms with E-state index in [4.69, 9.17) is 4.74 Å². The molecular weight excluding hydrogens is 436 g/mol. The molecule has 1 fully saturated rings. The first-order valence-electron chi connectivity index (χ1n) is 13.5. The summed E-state index contributed by atoms with van der Waals surface area (Å²) >= 11 is 0. The summed E-state index contributed by atoms with van der Waals surface area (Å²) < 4.78 is 5.62. The van der Waals surface area contributed by atoms with E-state index in [1.807, 2.05) is 12.1 Å². The lowest BCUT2D eigenvalue weighted by atomic mass is 9.93. The minimum absolute atomic E-state index is 0.266. The van der Waals surface area contributed by atoms with Gasteiger partial charge in [0.1, 0.15) is 11.9 Å². The summed E-state index contributed by atoms with van der Waals surface area (Å²) in [6.07, 6.45) is 9.75. The third-order valence-electron chi connectivity index (χ3n) is 7.85. The highest BCUT2D eigenvalue weighted by atomic mass is 16.6. The Morgan fingerprint density at radius 2 is 1.80 bits per heavy atom. The van der Waals surface area contributed by atoms with E-state index in [1.165, 1.54) is 74.1 Å². The van der Waals surface area contributed by atoms with Gasteiger partial charge in [0.25, 0.3) is 0 Å². The number of fused-ring (bicyclic) bond motifs is 4. The molecule has 0 aliphatic carbocycles. The molecular formula is C29H40N4O2. The predicted octanol–water partition coefficient (Wildman–Crippen LogP) is 5.33. The van der Waals surface area contributed by atoms with E-state index in [2.05, 4.69) is 57.4 Å². The van der Waals surface area contributed by atoms with Crippen molar-refractivity contribution in [1.82, 2.24) is 15.1 Å². The Morgan fingerprint density at radius 1 is 0.971 bits per heavy atom. The average molecular weight is 477 g/mol. The van der Waals surface area contributed by atoms with Gasteiger partial charge in [-0.3, -0.25) is 4.90 Å². The fraction of sp³-hybridized carbons (Fsp3) is 0.552. The molecule has 3 aliphatic rings. The molecule has 35 heavy (non-hydrogen) atoms. The van der Waals surface area contributed by atoms with Crippen LogP contribution in [0.5, 0.6) is 5.75 Å². The molecule has 1 atom stereocenters. The van der Waals surface area contributed by atoms with Crippen LogP contribution < -0.4 is 15.0 Å². The molecule has 1 N–H and O–H groups in total. The number of nitrogens with one attached hydrogen (secondary N) is 1. The fourth-order valence-electron chi connectivity index (χ4n) is 5.99. The number of hydrogen-bond donors (Lipinski definition) is 1. The average Bonchev–Trinajstić information content (AvgIpc) is 2.88. The predicted molar refractivity (Wildman–Crippen MR) is 141 cm³/mol. The van der Waals surface area contributed by atoms with Gasteiger partial charge in [-0.2, -0.15) is 0 Å². The second-order valence-corrected chi connectivity index (χ2v) is 10.3. The Labute approximate surface area is 210 Å². The number of ether oxygens (including phenoxy) is 1. The molecule has 0 radical (unpaired) electrons. The third kappa shape index (κ3) is 5.81. The topological polar surface area (TPSA) is 48.1 Å². The number of anilines is 1. The molecule has 0 spiro atoms. The van der Waals surface area contributed by atoms with Crippen LogP contribution >= 0.6 is 0 Å². The van der Waals surface area contributed by atoms with Crippen LogP contribution in [0.3, 0.4) is 0 Å². The number of carbonyl (C=O) groups excluding carboxylic acids is 1. The van der Waals surface area contributed by atoms with Crippen LogP contribution in [0.2, 0.25) is 0 Å². The van der Waals surface area contributed by atoms with Gasteiger partial charge in [0.05, 0.1) is 0 Å². The number of rotatable bonds is 8. The van der Waals surface area contributed by atoms with Crippen molar-refractivity contribution in [3.05, 3.63) is 59.2 Å². The molecule has 6 heteroatoms. The number of nitrogens with zero attached hydrogens (tertiary/aromatic N) is 3. The van der Waals surface area contributed by atoms with Gasteiger partial charge in [0, 0.05) is 32.4 Å². The molecule has 5 rings (SSSR count). The maximum atomic E-state index is 12.3. The minimum atomic E-state index is -0.354. The standard InChI is InChI=1S/C29H40N4O2/c1-31-27-14-13-25(21-24(27)22-33-20-15-23-11-5-6-12-26(23)28(31)33)35-29(34)30-16-7-2-3-8-17-32-18-9-4-10-19-32/h5-6,11-14,21,28H,2-4,7-10,15-20,22H2,1H3,(H,30,34). The van der Waals surface area contributed by atoms with Crippen molar-refractivity contribution in [2.75, 3.05) is 44.7 Å². The monoisotopic (exact) mass is 476 g/mol. The molecule has 0 aromatic heterocycles. The van der Waals surface area contributed by atoms with Crippen molar-refractivity contribution in [2.45, 2.75) is 64.1 Å². The fourth-order valence-corrected chi connectivity index (χ4v) is 5.99. The Bertz CT molecular complexity index is 1000. The maximum absolute atomic E-state index is 12.3. The van der Waals surface area contributed by atoms with Gasteiger partial charge in [-0.05, 0) is 86.6 Å². The molecule has 1 saturated heterocycles. The van der Waals surface area contributed by atoms with Gasteiger partial charge in [0.15, 0.2) is 0 Å². The Kier molecular flexibility index (Phi) is 7.89. The van der Waals surface area contributed by atoms with Gasteiger partial charge >= 0.3 is 6.09 Å². The van der Waals surface area contributed by atoms with Gasteiger partial charge in [-0.15, -0.1) is 0 Å². The quantitative estimate of drug-likeness (QED) is 0.522. The SMILES string of the molecule is CN1c2ccc(OC(=O)NCCCCCCN3CCCCC3)cc2CN2CCc3ccccc3C21. The van der Waals surface area contributed by atoms with E-state index < -0.39 is 0 Å². The normalized spacial score (nSPS) is 20.0. The van der Waals surface area contributed by atoms with E-state index in [0.29, 0.717) is 12.3 Å². The molecule has 3 heterocycles. The number of amides is 1. The number of piperidine rings is 1. The lowest BCUT2D eigenvalue weighted by Crippen LogP contribution is -2.47. The molecule has 0 saturated carbocycles. The molecule has 188 valence electrons. The lowest BCUT2D eigenvalue weighted by molar-refractivity contribution is 0.163. The second kappa shape index (κ2) is 11.4. The smallest absolute Gasteiger partial charge is 0.410 e. The second-order valence-electron chi connectivity index (χ2n) is 10.3. The van der Waals surface area contributed by atoms with E-state index in [-0.39, 0.29) is 12.3 Å². The van der Waals surface area contributed by atoms with Gasteiger partial charge < -0.3 is 19.9 Å². The Balaban J connectivity index is 1.07. The van der Waals surface area contributed by atoms with Crippen molar-refractivity contribution in [3.8, 4) is 5.75 Å². The van der Waals surface area contributed by atoms with Crippen molar-refractivity contribution in [2.24, 2.45) is 0 Å². The van der Waals surface area contributed by atoms with Crippen LogP contribution in [0, 0.1) is 0 Å². The van der Waals surface area contributed by atoms with Crippen molar-refractivity contribution in [3.63, 3.8) is 0 Å². The molecule has 0 bridgehead atoms. The molecule has 1 unspecified atom stereocenters. The number of benzene rings is 2. The summed E-state index contributed by atoms with van der Waals surface area (Å²) in [4.78, 5) is 19.8. The van der Waals surface area contributed by atoms with Crippen molar-refractivity contribution < 1.29 is 9.53 Å². The van der Waals surface area contributed by atoms with Crippen LogP contribution in [-0.4, -0.2) is 55.7 Å². The highest BCUT2D eigenvalue weighted by Gasteiger charge is 2.35. The third-order valence-corrected chi connectivity index (χ3v) is 7.85. The summed E-state index contributed by atoms with van der Waals surface area (Å²) in [6.45, 7) is 6.36. The van der Waals surface area contributed by atoms with Gasteiger partial charge in [0.2, 0.25) is 0 Å². The summed E-state index contributed by atoms with van der Waals surface area (Å²) in [5.74, 6) is 0.618. The Morgan fingerprint density at radius 3 is 2.69 bits per heavy atom. The number of hydrogen-bond acceptors (Lipinski definition) is 5. The van der Waals surface area contributed by atoms with Crippen LogP contribution in [0.25, 0.3) is 0 Å². The number of likely N-dealkylation sites (tertiary alicyclic amines) is 1. The molecule has 1 amide bonds. The zero-order valence-electron chi connectivity index (χ0n) is 21.2. The molecule has 2 aromatic rings. The van der Waals surface area contributed by atoms with Crippen molar-refractivity contribution >= 4 is 11.8 Å². The first kappa shape index (κ1) is 24.1. The largest absolute Gasteiger partial charge is 0.412 e. The highest BCUT2D eigenvalue weighted by Crippen LogP contribution is 2.42. The summed E-state index contributed by atoms with van der Waals surface area (Å²) in [5, 5.41) is 2.92. The van der Waals surface area contributed by atoms with E-state index in [1.54, 1.807) is 0 Å².